The first kappa shape index (κ1) is 10.2. The molecule has 0 amide bonds. The molecule has 0 aliphatic carbocycles. The zero-order valence-corrected chi connectivity index (χ0v) is 9.14. The molecule has 10 heavy (non-hydrogen) atoms. The predicted octanol–water partition coefficient (Wildman–Crippen LogP) is 3.44. The second-order valence-electron chi connectivity index (χ2n) is 3.72. The van der Waals surface area contributed by atoms with Crippen molar-refractivity contribution in [2.24, 2.45) is 0 Å². The van der Waals surface area contributed by atoms with Gasteiger partial charge >= 0.3 is 0 Å². The molecule has 0 bridgehead atoms. The van der Waals surface area contributed by atoms with Crippen LogP contribution in [-0.2, 0) is 0 Å². The Morgan fingerprint density at radius 3 is 2.20 bits per heavy atom. The quantitative estimate of drug-likeness (QED) is 0.425. The van der Waals surface area contributed by atoms with Crippen LogP contribution in [0.25, 0.3) is 0 Å². The Labute approximate surface area is 67.6 Å². The molecule has 62 valence electrons. The minimum atomic E-state index is -0.307. The molecule has 0 aromatic carbocycles. The van der Waals surface area contributed by atoms with Gasteiger partial charge in [-0.2, -0.15) is 0 Å². The van der Waals surface area contributed by atoms with E-state index in [2.05, 4.69) is 26.9 Å². The van der Waals surface area contributed by atoms with Crippen LogP contribution in [0.1, 0.15) is 39.5 Å². The fourth-order valence-electron chi connectivity index (χ4n) is 1.05. The van der Waals surface area contributed by atoms with Gasteiger partial charge in [0.25, 0.3) is 0 Å². The van der Waals surface area contributed by atoms with Gasteiger partial charge in [0.05, 0.1) is 0 Å². The molecule has 0 aliphatic heterocycles. The maximum atomic E-state index is 2.45. The molecule has 1 heteroatoms. The average Bonchev–Trinajstić information content (AvgIpc) is 1.88. The fraction of sp³-hybridized carbons (Fsp3) is 1.00. The van der Waals surface area contributed by atoms with Crippen LogP contribution in [0.4, 0.5) is 0 Å². The summed E-state index contributed by atoms with van der Waals surface area (Å²) in [4.78, 5) is 0. The van der Waals surface area contributed by atoms with Gasteiger partial charge in [-0.3, -0.25) is 0 Å². The van der Waals surface area contributed by atoms with Crippen molar-refractivity contribution in [3.8, 4) is 0 Å². The van der Waals surface area contributed by atoms with Gasteiger partial charge < -0.3 is 0 Å². The third kappa shape index (κ3) is 5.04. The highest BCUT2D eigenvalue weighted by Gasteiger charge is 2.06. The molecule has 0 N–H and O–H groups in total. The monoisotopic (exact) mass is 158 g/mol. The van der Waals surface area contributed by atoms with Gasteiger partial charge in [0.1, 0.15) is 0 Å². The molecule has 0 radical (unpaired) electrons. The molecule has 0 rings (SSSR count). The molecule has 1 atom stereocenters. The van der Waals surface area contributed by atoms with Crippen LogP contribution in [0.3, 0.4) is 0 Å². The zero-order chi connectivity index (χ0) is 7.98. The van der Waals surface area contributed by atoms with Crippen molar-refractivity contribution >= 4 is 8.80 Å². The van der Waals surface area contributed by atoms with Crippen LogP contribution in [0.5, 0.6) is 0 Å². The van der Waals surface area contributed by atoms with Crippen molar-refractivity contribution in [2.75, 3.05) is 0 Å². The highest BCUT2D eigenvalue weighted by Crippen LogP contribution is 2.17. The van der Waals surface area contributed by atoms with Crippen molar-refractivity contribution in [1.29, 1.82) is 0 Å². The van der Waals surface area contributed by atoms with E-state index >= 15 is 0 Å². The molecular formula is C9H22Si. The van der Waals surface area contributed by atoms with Crippen molar-refractivity contribution in [1.82, 2.24) is 0 Å². The van der Waals surface area contributed by atoms with Crippen molar-refractivity contribution in [3.63, 3.8) is 0 Å². The first-order valence-electron chi connectivity index (χ1n) is 4.68. The SMILES string of the molecule is CCCCCC(C)[SiH](C)C. The van der Waals surface area contributed by atoms with E-state index in [1.54, 1.807) is 0 Å². The Kier molecular flexibility index (Phi) is 6.09. The lowest BCUT2D eigenvalue weighted by Gasteiger charge is -2.12. The van der Waals surface area contributed by atoms with E-state index < -0.39 is 0 Å². The third-order valence-corrected chi connectivity index (χ3v) is 5.01. The lowest BCUT2D eigenvalue weighted by atomic mass is 10.2. The Morgan fingerprint density at radius 2 is 1.80 bits per heavy atom. The van der Waals surface area contributed by atoms with Gasteiger partial charge in [-0.05, 0) is 0 Å². The summed E-state index contributed by atoms with van der Waals surface area (Å²) in [5.74, 6) is 0. The van der Waals surface area contributed by atoms with Crippen LogP contribution in [0, 0.1) is 0 Å². The highest BCUT2D eigenvalue weighted by molar-refractivity contribution is 6.57. The molecule has 0 aliphatic rings. The molecule has 0 saturated carbocycles. The topological polar surface area (TPSA) is 0 Å². The summed E-state index contributed by atoms with van der Waals surface area (Å²) in [5.41, 5.74) is 1.06. The molecule has 0 aromatic rings. The van der Waals surface area contributed by atoms with E-state index in [-0.39, 0.29) is 8.80 Å². The Bertz CT molecular complexity index is 69.1. The van der Waals surface area contributed by atoms with Crippen LogP contribution < -0.4 is 0 Å². The third-order valence-electron chi connectivity index (χ3n) is 2.40. The molecule has 0 fully saturated rings. The Balaban J connectivity index is 3.13. The van der Waals surface area contributed by atoms with Crippen LogP contribution in [-0.4, -0.2) is 8.80 Å². The van der Waals surface area contributed by atoms with Gasteiger partial charge in [0, 0.05) is 8.80 Å². The maximum Gasteiger partial charge on any atom is 0.0334 e. The average molecular weight is 158 g/mol. The van der Waals surface area contributed by atoms with E-state index in [0.717, 1.165) is 5.54 Å². The second kappa shape index (κ2) is 5.96. The summed E-state index contributed by atoms with van der Waals surface area (Å²) in [6.45, 7) is 9.61. The second-order valence-corrected chi connectivity index (χ2v) is 7.34. The summed E-state index contributed by atoms with van der Waals surface area (Å²) < 4.78 is 0. The van der Waals surface area contributed by atoms with Crippen LogP contribution in [0.2, 0.25) is 18.6 Å². The predicted molar refractivity (Wildman–Crippen MR) is 52.4 cm³/mol. The summed E-state index contributed by atoms with van der Waals surface area (Å²) in [6, 6.07) is 0. The largest absolute Gasteiger partial charge is 0.0720 e. The van der Waals surface area contributed by atoms with E-state index in [0.29, 0.717) is 0 Å². The van der Waals surface area contributed by atoms with E-state index in [1.807, 2.05) is 0 Å². The molecule has 0 nitrogen and oxygen atoms in total. The van der Waals surface area contributed by atoms with E-state index in [4.69, 9.17) is 0 Å². The minimum Gasteiger partial charge on any atom is -0.0720 e. The number of hydrogen-bond acceptors (Lipinski definition) is 0. The van der Waals surface area contributed by atoms with Crippen LogP contribution in [0.15, 0.2) is 0 Å². The smallest absolute Gasteiger partial charge is 0.0334 e. The molecule has 0 heterocycles. The first-order valence-corrected chi connectivity index (χ1v) is 7.66. The summed E-state index contributed by atoms with van der Waals surface area (Å²) in [7, 11) is -0.307. The van der Waals surface area contributed by atoms with Gasteiger partial charge in [-0.25, -0.2) is 0 Å². The maximum absolute atomic E-state index is 2.45. The number of hydrogen-bond donors (Lipinski definition) is 0. The number of unbranched alkanes of at least 4 members (excludes halogenated alkanes) is 2. The van der Waals surface area contributed by atoms with Crippen LogP contribution >= 0.6 is 0 Å². The molecule has 0 saturated heterocycles. The lowest BCUT2D eigenvalue weighted by molar-refractivity contribution is 0.649. The summed E-state index contributed by atoms with van der Waals surface area (Å²) in [6.07, 6.45) is 5.75. The first-order chi connectivity index (χ1) is 4.68. The van der Waals surface area contributed by atoms with E-state index in [9.17, 15) is 0 Å². The molecule has 0 spiro atoms. The van der Waals surface area contributed by atoms with Gasteiger partial charge in [-0.15, -0.1) is 0 Å². The minimum absolute atomic E-state index is 0.307. The van der Waals surface area contributed by atoms with Crippen molar-refractivity contribution in [3.05, 3.63) is 0 Å². The van der Waals surface area contributed by atoms with Crippen molar-refractivity contribution in [2.45, 2.75) is 58.2 Å². The number of rotatable bonds is 5. The summed E-state index contributed by atoms with van der Waals surface area (Å²) >= 11 is 0. The molecular weight excluding hydrogens is 136 g/mol. The van der Waals surface area contributed by atoms with Gasteiger partial charge in [0.2, 0.25) is 0 Å². The highest BCUT2D eigenvalue weighted by atomic mass is 28.3. The summed E-state index contributed by atoms with van der Waals surface area (Å²) in [5, 5.41) is 0. The van der Waals surface area contributed by atoms with Crippen molar-refractivity contribution < 1.29 is 0 Å². The normalized spacial score (nSPS) is 14.1. The lowest BCUT2D eigenvalue weighted by Crippen LogP contribution is -2.08. The molecule has 1 unspecified atom stereocenters. The standard InChI is InChI=1S/C9H22Si/c1-5-6-7-8-9(2)10(3)4/h9-10H,5-8H2,1-4H3. The zero-order valence-electron chi connectivity index (χ0n) is 7.98. The van der Waals surface area contributed by atoms with E-state index in [1.165, 1.54) is 25.7 Å². The Morgan fingerprint density at radius 1 is 1.20 bits per heavy atom. The Hall–Kier alpha value is 0.217. The molecule has 0 aromatic heterocycles. The van der Waals surface area contributed by atoms with Gasteiger partial charge in [-0.1, -0.05) is 58.2 Å². The fourth-order valence-corrected chi connectivity index (χ4v) is 1.95. The van der Waals surface area contributed by atoms with Gasteiger partial charge in [0.15, 0.2) is 0 Å².